The first kappa shape index (κ1) is 25.8. The summed E-state index contributed by atoms with van der Waals surface area (Å²) in [6.45, 7) is 4.18. The van der Waals surface area contributed by atoms with Crippen LogP contribution >= 0.6 is 23.2 Å². The molecule has 0 aliphatic heterocycles. The van der Waals surface area contributed by atoms with Crippen LogP contribution in [0.3, 0.4) is 0 Å². The van der Waals surface area contributed by atoms with E-state index in [0.29, 0.717) is 16.5 Å². The maximum atomic E-state index is 13.7. The zero-order chi connectivity index (χ0) is 24.5. The second-order valence-electron chi connectivity index (χ2n) is 8.44. The molecule has 0 unspecified atom stereocenters. The normalized spacial score (nSPS) is 12.6. The van der Waals surface area contributed by atoms with Crippen molar-refractivity contribution in [3.05, 3.63) is 106 Å². The topological polar surface area (TPSA) is 49.4 Å². The molecule has 6 heteroatoms. The fourth-order valence-electron chi connectivity index (χ4n) is 3.70. The Morgan fingerprint density at radius 3 is 2.12 bits per heavy atom. The van der Waals surface area contributed by atoms with Crippen LogP contribution in [0, 0.1) is 0 Å². The van der Waals surface area contributed by atoms with Gasteiger partial charge in [-0.15, -0.1) is 0 Å². The van der Waals surface area contributed by atoms with E-state index in [2.05, 4.69) is 5.32 Å². The number of carbonyl (C=O) groups excluding carboxylic acids is 2. The van der Waals surface area contributed by atoms with Gasteiger partial charge in [0, 0.05) is 29.1 Å². The van der Waals surface area contributed by atoms with Gasteiger partial charge in [-0.25, -0.2) is 0 Å². The van der Waals surface area contributed by atoms with Crippen molar-refractivity contribution in [2.45, 2.75) is 51.7 Å². The summed E-state index contributed by atoms with van der Waals surface area (Å²) in [7, 11) is 0. The SMILES string of the molecule is CC[C@H](C)NC(=O)[C@H](Cc1ccccc1)N(Cc1ccc(Cl)cc1Cl)C(=O)Cc1ccccc1. The van der Waals surface area contributed by atoms with Crippen LogP contribution < -0.4 is 5.32 Å². The van der Waals surface area contributed by atoms with Gasteiger partial charge in [0.05, 0.1) is 6.42 Å². The van der Waals surface area contributed by atoms with Crippen molar-refractivity contribution in [2.24, 2.45) is 0 Å². The molecule has 34 heavy (non-hydrogen) atoms. The van der Waals surface area contributed by atoms with Gasteiger partial charge in [0.1, 0.15) is 6.04 Å². The van der Waals surface area contributed by atoms with E-state index in [1.807, 2.05) is 74.5 Å². The number of nitrogens with zero attached hydrogens (tertiary/aromatic N) is 1. The standard InChI is InChI=1S/C28H30Cl2N2O2/c1-3-20(2)31-28(34)26(16-21-10-6-4-7-11-21)32(19-23-14-15-24(29)18-25(23)30)27(33)17-22-12-8-5-9-13-22/h4-15,18,20,26H,3,16-17,19H2,1-2H3,(H,31,34)/t20-,26-/m0/s1. The monoisotopic (exact) mass is 496 g/mol. The third kappa shape index (κ3) is 7.34. The Morgan fingerprint density at radius 2 is 1.53 bits per heavy atom. The summed E-state index contributed by atoms with van der Waals surface area (Å²) in [5.74, 6) is -0.317. The minimum absolute atomic E-state index is 0.00373. The van der Waals surface area contributed by atoms with Crippen LogP contribution in [0.1, 0.15) is 37.0 Å². The Morgan fingerprint density at radius 1 is 0.912 bits per heavy atom. The van der Waals surface area contributed by atoms with Crippen molar-refractivity contribution in [3.8, 4) is 0 Å². The lowest BCUT2D eigenvalue weighted by molar-refractivity contribution is -0.141. The molecule has 0 saturated carbocycles. The third-order valence-electron chi connectivity index (χ3n) is 5.83. The fourth-order valence-corrected chi connectivity index (χ4v) is 4.17. The third-order valence-corrected chi connectivity index (χ3v) is 6.41. The lowest BCUT2D eigenvalue weighted by atomic mass is 10.0. The zero-order valence-electron chi connectivity index (χ0n) is 19.5. The van der Waals surface area contributed by atoms with E-state index in [-0.39, 0.29) is 30.8 Å². The Kier molecular flexibility index (Phi) is 9.55. The van der Waals surface area contributed by atoms with E-state index in [9.17, 15) is 9.59 Å². The number of benzene rings is 3. The Hall–Kier alpha value is -2.82. The van der Waals surface area contributed by atoms with Crippen LogP contribution in [0.2, 0.25) is 10.0 Å². The highest BCUT2D eigenvalue weighted by atomic mass is 35.5. The highest BCUT2D eigenvalue weighted by molar-refractivity contribution is 6.35. The maximum Gasteiger partial charge on any atom is 0.243 e. The molecule has 178 valence electrons. The second kappa shape index (κ2) is 12.6. The van der Waals surface area contributed by atoms with Gasteiger partial charge < -0.3 is 10.2 Å². The second-order valence-corrected chi connectivity index (χ2v) is 9.29. The zero-order valence-corrected chi connectivity index (χ0v) is 21.0. The number of carbonyl (C=O) groups is 2. The van der Waals surface area contributed by atoms with Crippen LogP contribution in [0.15, 0.2) is 78.9 Å². The molecule has 0 spiro atoms. The molecule has 2 atom stereocenters. The van der Waals surface area contributed by atoms with E-state index < -0.39 is 6.04 Å². The number of hydrogen-bond acceptors (Lipinski definition) is 2. The molecule has 2 amide bonds. The number of nitrogens with one attached hydrogen (secondary N) is 1. The molecule has 0 aliphatic carbocycles. The molecule has 0 heterocycles. The largest absolute Gasteiger partial charge is 0.352 e. The molecule has 1 N–H and O–H groups in total. The van der Waals surface area contributed by atoms with Gasteiger partial charge in [0.2, 0.25) is 11.8 Å². The molecular formula is C28H30Cl2N2O2. The smallest absolute Gasteiger partial charge is 0.243 e. The number of hydrogen-bond donors (Lipinski definition) is 1. The summed E-state index contributed by atoms with van der Waals surface area (Å²) in [5, 5.41) is 4.06. The van der Waals surface area contributed by atoms with E-state index in [1.165, 1.54) is 0 Å². The van der Waals surface area contributed by atoms with Crippen LogP contribution in [0.4, 0.5) is 0 Å². The predicted octanol–water partition coefficient (Wildman–Crippen LogP) is 6.09. The van der Waals surface area contributed by atoms with Gasteiger partial charge in [-0.2, -0.15) is 0 Å². The highest BCUT2D eigenvalue weighted by Gasteiger charge is 2.31. The summed E-state index contributed by atoms with van der Waals surface area (Å²) < 4.78 is 0. The summed E-state index contributed by atoms with van der Waals surface area (Å²) >= 11 is 12.6. The average molecular weight is 497 g/mol. The first-order chi connectivity index (χ1) is 16.4. The van der Waals surface area contributed by atoms with Crippen molar-refractivity contribution in [1.82, 2.24) is 10.2 Å². The summed E-state index contributed by atoms with van der Waals surface area (Å²) in [6.07, 6.45) is 1.38. The molecule has 3 aromatic rings. The van der Waals surface area contributed by atoms with Crippen molar-refractivity contribution in [1.29, 1.82) is 0 Å². The molecule has 0 bridgehead atoms. The van der Waals surface area contributed by atoms with E-state index in [1.54, 1.807) is 23.1 Å². The maximum absolute atomic E-state index is 13.7. The predicted molar refractivity (Wildman–Crippen MR) is 139 cm³/mol. The first-order valence-corrected chi connectivity index (χ1v) is 12.2. The molecule has 0 saturated heterocycles. The molecule has 0 radical (unpaired) electrons. The van der Waals surface area contributed by atoms with Gasteiger partial charge in [-0.3, -0.25) is 9.59 Å². The molecule has 3 rings (SSSR count). The minimum atomic E-state index is -0.695. The van der Waals surface area contributed by atoms with Crippen LogP contribution in [0.5, 0.6) is 0 Å². The molecule has 0 fully saturated rings. The van der Waals surface area contributed by atoms with Crippen LogP contribution in [-0.2, 0) is 29.0 Å². The van der Waals surface area contributed by atoms with Gasteiger partial charge in [-0.05, 0) is 42.2 Å². The van der Waals surface area contributed by atoms with Gasteiger partial charge in [0.25, 0.3) is 0 Å². The summed E-state index contributed by atoms with van der Waals surface area (Å²) in [6, 6.07) is 23.8. The van der Waals surface area contributed by atoms with Crippen molar-refractivity contribution in [2.75, 3.05) is 0 Å². The number of halogens is 2. The Bertz CT molecular complexity index is 1090. The van der Waals surface area contributed by atoms with Gasteiger partial charge in [-0.1, -0.05) is 96.9 Å². The van der Waals surface area contributed by atoms with Crippen molar-refractivity contribution in [3.63, 3.8) is 0 Å². The quantitative estimate of drug-likeness (QED) is 0.369. The Balaban J connectivity index is 1.99. The van der Waals surface area contributed by atoms with Crippen LogP contribution in [0.25, 0.3) is 0 Å². The van der Waals surface area contributed by atoms with Crippen molar-refractivity contribution < 1.29 is 9.59 Å². The molecule has 0 aromatic heterocycles. The minimum Gasteiger partial charge on any atom is -0.352 e. The van der Waals surface area contributed by atoms with Gasteiger partial charge >= 0.3 is 0 Å². The summed E-state index contributed by atoms with van der Waals surface area (Å²) in [4.78, 5) is 28.8. The van der Waals surface area contributed by atoms with E-state index in [0.717, 1.165) is 23.1 Å². The fraction of sp³-hybridized carbons (Fsp3) is 0.286. The lowest BCUT2D eigenvalue weighted by Gasteiger charge is -2.32. The van der Waals surface area contributed by atoms with Crippen molar-refractivity contribution >= 4 is 35.0 Å². The van der Waals surface area contributed by atoms with E-state index in [4.69, 9.17) is 23.2 Å². The molecule has 3 aromatic carbocycles. The Labute approximate surface area is 211 Å². The van der Waals surface area contributed by atoms with Crippen LogP contribution in [-0.4, -0.2) is 28.8 Å². The summed E-state index contributed by atoms with van der Waals surface area (Å²) in [5.41, 5.74) is 2.61. The lowest BCUT2D eigenvalue weighted by Crippen LogP contribution is -2.52. The molecule has 0 aliphatic rings. The molecular weight excluding hydrogens is 467 g/mol. The number of amides is 2. The number of rotatable bonds is 10. The van der Waals surface area contributed by atoms with Gasteiger partial charge in [0.15, 0.2) is 0 Å². The first-order valence-electron chi connectivity index (χ1n) is 11.5. The molecule has 4 nitrogen and oxygen atoms in total. The highest BCUT2D eigenvalue weighted by Crippen LogP contribution is 2.24. The average Bonchev–Trinajstić information content (AvgIpc) is 2.83. The van der Waals surface area contributed by atoms with E-state index >= 15 is 0 Å².